The smallest absolute Gasteiger partial charge is 0.254 e. The highest BCUT2D eigenvalue weighted by Gasteiger charge is 2.19. The second-order valence-corrected chi connectivity index (χ2v) is 7.39. The summed E-state index contributed by atoms with van der Waals surface area (Å²) in [6.07, 6.45) is 0. The molecule has 6 heteroatoms. The molecule has 0 unspecified atom stereocenters. The van der Waals surface area contributed by atoms with Crippen molar-refractivity contribution < 1.29 is 13.2 Å². The Morgan fingerprint density at radius 1 is 1.12 bits per heavy atom. The van der Waals surface area contributed by atoms with Gasteiger partial charge in [0.1, 0.15) is 0 Å². The molecule has 24 heavy (non-hydrogen) atoms. The van der Waals surface area contributed by atoms with E-state index in [1.165, 1.54) is 12.1 Å². The molecule has 128 valence electrons. The quantitative estimate of drug-likeness (QED) is 0.874. The molecule has 0 radical (unpaired) electrons. The number of rotatable bonds is 6. The molecular formula is C18H22N2O3S. The van der Waals surface area contributed by atoms with E-state index in [0.717, 1.165) is 11.1 Å². The lowest BCUT2D eigenvalue weighted by Crippen LogP contribution is -2.28. The molecule has 0 saturated heterocycles. The Morgan fingerprint density at radius 3 is 2.42 bits per heavy atom. The monoisotopic (exact) mass is 346 g/mol. The number of carbonyl (C=O) groups excluding carboxylic acids is 1. The molecule has 0 aliphatic heterocycles. The Balaban J connectivity index is 2.28. The molecule has 0 bridgehead atoms. The van der Waals surface area contributed by atoms with Crippen LogP contribution in [0.1, 0.15) is 28.4 Å². The third-order valence-corrected chi connectivity index (χ3v) is 5.24. The number of aryl methyl sites for hydroxylation is 1. The summed E-state index contributed by atoms with van der Waals surface area (Å²) < 4.78 is 26.7. The van der Waals surface area contributed by atoms with E-state index in [9.17, 15) is 13.2 Å². The molecule has 1 amide bonds. The number of carbonyl (C=O) groups is 1. The van der Waals surface area contributed by atoms with E-state index in [1.54, 1.807) is 31.9 Å². The molecule has 2 aromatic rings. The molecule has 0 spiro atoms. The average molecular weight is 346 g/mol. The maximum Gasteiger partial charge on any atom is 0.254 e. The van der Waals surface area contributed by atoms with Crippen molar-refractivity contribution in [2.75, 3.05) is 13.6 Å². The van der Waals surface area contributed by atoms with Crippen molar-refractivity contribution in [1.82, 2.24) is 9.62 Å². The number of hydrogen-bond donors (Lipinski definition) is 1. The topological polar surface area (TPSA) is 66.5 Å². The number of benzene rings is 2. The standard InChI is InChI=1S/C18H22N2O3S/c1-4-19-24(22,23)16-11-10-14(2)17(12-16)18(21)20(3)13-15-8-6-5-7-9-15/h5-12,19H,4,13H2,1-3H3. The Kier molecular flexibility index (Phi) is 5.75. The van der Waals surface area contributed by atoms with Gasteiger partial charge < -0.3 is 4.90 Å². The highest BCUT2D eigenvalue weighted by atomic mass is 32.2. The van der Waals surface area contributed by atoms with Gasteiger partial charge in [0.15, 0.2) is 0 Å². The minimum absolute atomic E-state index is 0.103. The van der Waals surface area contributed by atoms with Crippen LogP contribution in [0.15, 0.2) is 53.4 Å². The van der Waals surface area contributed by atoms with Crippen molar-refractivity contribution in [2.24, 2.45) is 0 Å². The molecular weight excluding hydrogens is 324 g/mol. The van der Waals surface area contributed by atoms with Gasteiger partial charge >= 0.3 is 0 Å². The predicted octanol–water partition coefficient (Wildman–Crippen LogP) is 2.57. The van der Waals surface area contributed by atoms with E-state index in [1.807, 2.05) is 30.3 Å². The molecule has 0 saturated carbocycles. The van der Waals surface area contributed by atoms with Crippen LogP contribution in [0.5, 0.6) is 0 Å². The third kappa shape index (κ3) is 4.21. The molecule has 1 N–H and O–H groups in total. The summed E-state index contributed by atoms with van der Waals surface area (Å²) in [6.45, 7) is 4.27. The summed E-state index contributed by atoms with van der Waals surface area (Å²) in [4.78, 5) is 14.4. The minimum atomic E-state index is -3.59. The maximum atomic E-state index is 12.7. The number of amides is 1. The van der Waals surface area contributed by atoms with Crippen LogP contribution in [0.3, 0.4) is 0 Å². The lowest BCUT2D eigenvalue weighted by Gasteiger charge is -2.19. The average Bonchev–Trinajstić information content (AvgIpc) is 2.55. The molecule has 2 aromatic carbocycles. The highest BCUT2D eigenvalue weighted by Crippen LogP contribution is 2.18. The first-order valence-electron chi connectivity index (χ1n) is 7.75. The summed E-state index contributed by atoms with van der Waals surface area (Å²) in [7, 11) is -1.88. The van der Waals surface area contributed by atoms with Crippen molar-refractivity contribution in [1.29, 1.82) is 0 Å². The van der Waals surface area contributed by atoms with Crippen LogP contribution in [0, 0.1) is 6.92 Å². The fourth-order valence-electron chi connectivity index (χ4n) is 2.41. The van der Waals surface area contributed by atoms with Gasteiger partial charge in [0.25, 0.3) is 5.91 Å². The first-order chi connectivity index (χ1) is 11.3. The van der Waals surface area contributed by atoms with Crippen LogP contribution in [-0.4, -0.2) is 32.8 Å². The molecule has 0 aliphatic rings. The fourth-order valence-corrected chi connectivity index (χ4v) is 3.47. The number of sulfonamides is 1. The summed E-state index contributed by atoms with van der Waals surface area (Å²) in [5, 5.41) is 0. The van der Waals surface area contributed by atoms with Gasteiger partial charge in [0.05, 0.1) is 4.90 Å². The zero-order valence-electron chi connectivity index (χ0n) is 14.1. The highest BCUT2D eigenvalue weighted by molar-refractivity contribution is 7.89. The number of hydrogen-bond acceptors (Lipinski definition) is 3. The summed E-state index contributed by atoms with van der Waals surface area (Å²) >= 11 is 0. The van der Waals surface area contributed by atoms with Crippen molar-refractivity contribution in [3.8, 4) is 0 Å². The molecule has 0 fully saturated rings. The second kappa shape index (κ2) is 7.59. The van der Waals surface area contributed by atoms with Crippen LogP contribution in [0.25, 0.3) is 0 Å². The van der Waals surface area contributed by atoms with E-state index in [0.29, 0.717) is 18.7 Å². The Labute approximate surface area is 143 Å². The van der Waals surface area contributed by atoms with E-state index < -0.39 is 10.0 Å². The van der Waals surface area contributed by atoms with Crippen molar-refractivity contribution in [2.45, 2.75) is 25.3 Å². The van der Waals surface area contributed by atoms with Crippen LogP contribution < -0.4 is 4.72 Å². The normalized spacial score (nSPS) is 11.3. The number of nitrogens with zero attached hydrogens (tertiary/aromatic N) is 1. The van der Waals surface area contributed by atoms with Crippen LogP contribution >= 0.6 is 0 Å². The molecule has 0 heterocycles. The summed E-state index contributed by atoms with van der Waals surface area (Å²) in [6, 6.07) is 14.3. The first-order valence-corrected chi connectivity index (χ1v) is 9.23. The maximum absolute atomic E-state index is 12.7. The first kappa shape index (κ1) is 18.2. The van der Waals surface area contributed by atoms with Gasteiger partial charge in [0, 0.05) is 25.7 Å². The summed E-state index contributed by atoms with van der Waals surface area (Å²) in [5.41, 5.74) is 2.16. The molecule has 0 aliphatic carbocycles. The van der Waals surface area contributed by atoms with Crippen molar-refractivity contribution >= 4 is 15.9 Å². The molecule has 0 atom stereocenters. The van der Waals surface area contributed by atoms with Gasteiger partial charge in [-0.15, -0.1) is 0 Å². The van der Waals surface area contributed by atoms with Crippen molar-refractivity contribution in [3.05, 3.63) is 65.2 Å². The zero-order chi connectivity index (χ0) is 17.7. The van der Waals surface area contributed by atoms with E-state index in [2.05, 4.69) is 4.72 Å². The third-order valence-electron chi connectivity index (χ3n) is 3.69. The second-order valence-electron chi connectivity index (χ2n) is 5.62. The predicted molar refractivity (Wildman–Crippen MR) is 94.3 cm³/mol. The van der Waals surface area contributed by atoms with E-state index >= 15 is 0 Å². The molecule has 5 nitrogen and oxygen atoms in total. The van der Waals surface area contributed by atoms with Crippen LogP contribution in [0.4, 0.5) is 0 Å². The van der Waals surface area contributed by atoms with Gasteiger partial charge in [-0.3, -0.25) is 4.79 Å². The Hall–Kier alpha value is -2.18. The van der Waals surface area contributed by atoms with Crippen LogP contribution in [0.2, 0.25) is 0 Å². The largest absolute Gasteiger partial charge is 0.337 e. The summed E-state index contributed by atoms with van der Waals surface area (Å²) in [5.74, 6) is -0.204. The Bertz CT molecular complexity index is 817. The Morgan fingerprint density at radius 2 is 1.79 bits per heavy atom. The zero-order valence-corrected chi connectivity index (χ0v) is 14.9. The lowest BCUT2D eigenvalue weighted by molar-refractivity contribution is 0.0784. The molecule has 0 aromatic heterocycles. The van der Waals surface area contributed by atoms with Gasteiger partial charge in [-0.25, -0.2) is 13.1 Å². The fraction of sp³-hybridized carbons (Fsp3) is 0.278. The minimum Gasteiger partial charge on any atom is -0.337 e. The lowest BCUT2D eigenvalue weighted by atomic mass is 10.1. The van der Waals surface area contributed by atoms with Gasteiger partial charge in [-0.1, -0.05) is 43.3 Å². The van der Waals surface area contributed by atoms with Crippen LogP contribution in [-0.2, 0) is 16.6 Å². The van der Waals surface area contributed by atoms with E-state index in [-0.39, 0.29) is 10.8 Å². The van der Waals surface area contributed by atoms with Gasteiger partial charge in [-0.2, -0.15) is 0 Å². The van der Waals surface area contributed by atoms with Gasteiger partial charge in [0.2, 0.25) is 10.0 Å². The van der Waals surface area contributed by atoms with Crippen molar-refractivity contribution in [3.63, 3.8) is 0 Å². The van der Waals surface area contributed by atoms with E-state index in [4.69, 9.17) is 0 Å². The molecule has 2 rings (SSSR count). The number of nitrogens with one attached hydrogen (secondary N) is 1. The SMILES string of the molecule is CCNS(=O)(=O)c1ccc(C)c(C(=O)N(C)Cc2ccccc2)c1. The van der Waals surface area contributed by atoms with Gasteiger partial charge in [-0.05, 0) is 30.2 Å².